The molecule has 1 unspecified atom stereocenters. The van der Waals surface area contributed by atoms with E-state index < -0.39 is 33.7 Å². The lowest BCUT2D eigenvalue weighted by Gasteiger charge is -2.26. The molecule has 0 bridgehead atoms. The normalized spacial score (nSPS) is 16.5. The smallest absolute Gasteiger partial charge is 0.338 e. The van der Waals surface area contributed by atoms with Crippen LogP contribution in [0.15, 0.2) is 47.4 Å². The lowest BCUT2D eigenvalue weighted by Crippen LogP contribution is -2.35. The quantitative estimate of drug-likeness (QED) is 0.699. The highest BCUT2D eigenvalue weighted by Crippen LogP contribution is 2.24. The van der Waals surface area contributed by atoms with Crippen molar-refractivity contribution in [1.82, 2.24) is 4.31 Å². The Balaban J connectivity index is 1.78. The number of esters is 1. The number of piperidine rings is 1. The monoisotopic (exact) mass is 409 g/mol. The summed E-state index contributed by atoms with van der Waals surface area (Å²) in [6.07, 6.45) is 1.65. The molecule has 0 spiro atoms. The van der Waals surface area contributed by atoms with E-state index in [1.165, 1.54) is 41.6 Å². The van der Waals surface area contributed by atoms with Crippen molar-refractivity contribution in [3.05, 3.63) is 65.2 Å². The topological polar surface area (TPSA) is 63.7 Å². The van der Waals surface area contributed by atoms with E-state index in [0.717, 1.165) is 25.3 Å². The summed E-state index contributed by atoms with van der Waals surface area (Å²) in [4.78, 5) is 12.5. The second kappa shape index (κ2) is 8.36. The SMILES string of the molecule is CC(OC(=O)c1cccc(S(=O)(=O)N2CCCCC2)c1)c1ccc(F)cc1F. The van der Waals surface area contributed by atoms with E-state index in [0.29, 0.717) is 19.2 Å². The molecule has 1 fully saturated rings. The second-order valence-corrected chi connectivity index (χ2v) is 8.64. The molecule has 28 heavy (non-hydrogen) atoms. The lowest BCUT2D eigenvalue weighted by molar-refractivity contribution is 0.0331. The minimum Gasteiger partial charge on any atom is -0.454 e. The van der Waals surface area contributed by atoms with Gasteiger partial charge in [0.1, 0.15) is 17.7 Å². The number of carbonyl (C=O) groups excluding carboxylic acids is 1. The number of halogens is 2. The van der Waals surface area contributed by atoms with Gasteiger partial charge in [-0.15, -0.1) is 0 Å². The van der Waals surface area contributed by atoms with Gasteiger partial charge in [0, 0.05) is 24.7 Å². The van der Waals surface area contributed by atoms with Crippen molar-refractivity contribution < 1.29 is 26.7 Å². The molecule has 0 radical (unpaired) electrons. The van der Waals surface area contributed by atoms with E-state index in [2.05, 4.69) is 0 Å². The first kappa shape index (κ1) is 20.4. The Kier molecular flexibility index (Phi) is 6.10. The fraction of sp³-hybridized carbons (Fsp3) is 0.350. The molecule has 150 valence electrons. The Labute approximate surface area is 163 Å². The minimum atomic E-state index is -3.69. The zero-order chi connectivity index (χ0) is 20.3. The van der Waals surface area contributed by atoms with Crippen LogP contribution < -0.4 is 0 Å². The first-order chi connectivity index (χ1) is 13.3. The fourth-order valence-electron chi connectivity index (χ4n) is 3.16. The molecule has 1 heterocycles. The third-order valence-corrected chi connectivity index (χ3v) is 6.60. The zero-order valence-corrected chi connectivity index (χ0v) is 16.2. The van der Waals surface area contributed by atoms with Crippen LogP contribution in [0.1, 0.15) is 48.2 Å². The van der Waals surface area contributed by atoms with E-state index >= 15 is 0 Å². The van der Waals surface area contributed by atoms with Crippen molar-refractivity contribution in [3.63, 3.8) is 0 Å². The summed E-state index contributed by atoms with van der Waals surface area (Å²) in [6.45, 7) is 2.37. The average Bonchev–Trinajstić information content (AvgIpc) is 2.68. The van der Waals surface area contributed by atoms with Gasteiger partial charge >= 0.3 is 5.97 Å². The number of rotatable bonds is 5. The van der Waals surface area contributed by atoms with E-state index in [1.54, 1.807) is 0 Å². The molecule has 8 heteroatoms. The van der Waals surface area contributed by atoms with Gasteiger partial charge in [0.05, 0.1) is 10.5 Å². The molecule has 1 atom stereocenters. The van der Waals surface area contributed by atoms with Gasteiger partial charge < -0.3 is 4.74 Å². The minimum absolute atomic E-state index is 0.0180. The van der Waals surface area contributed by atoms with E-state index in [9.17, 15) is 22.0 Å². The number of nitrogens with zero attached hydrogens (tertiary/aromatic N) is 1. The van der Waals surface area contributed by atoms with Crippen molar-refractivity contribution >= 4 is 16.0 Å². The standard InChI is InChI=1S/C20H21F2NO4S/c1-14(18-9-8-16(21)13-19(18)22)27-20(24)15-6-5-7-17(12-15)28(25,26)23-10-3-2-4-11-23/h5-9,12-14H,2-4,10-11H2,1H3. The zero-order valence-electron chi connectivity index (χ0n) is 15.4. The molecule has 2 aromatic rings. The summed E-state index contributed by atoms with van der Waals surface area (Å²) in [5, 5.41) is 0. The van der Waals surface area contributed by atoms with Crippen molar-refractivity contribution in [2.75, 3.05) is 13.1 Å². The number of ether oxygens (including phenoxy) is 1. The van der Waals surface area contributed by atoms with Crippen molar-refractivity contribution in [3.8, 4) is 0 Å². The van der Waals surface area contributed by atoms with Crippen LogP contribution in [0.25, 0.3) is 0 Å². The number of hydrogen-bond acceptors (Lipinski definition) is 4. The molecule has 0 aliphatic carbocycles. The van der Waals surface area contributed by atoms with Gasteiger partial charge in [-0.1, -0.05) is 12.5 Å². The Hall–Kier alpha value is -2.32. The number of hydrogen-bond donors (Lipinski definition) is 0. The number of carbonyl (C=O) groups is 1. The van der Waals surface area contributed by atoms with E-state index in [1.807, 2.05) is 0 Å². The predicted octanol–water partition coefficient (Wildman–Crippen LogP) is 4.06. The molecule has 0 saturated carbocycles. The third-order valence-electron chi connectivity index (χ3n) is 4.71. The molecule has 0 amide bonds. The van der Waals surface area contributed by atoms with Gasteiger partial charge in [0.2, 0.25) is 10.0 Å². The van der Waals surface area contributed by atoms with Gasteiger partial charge in [0.15, 0.2) is 0 Å². The summed E-state index contributed by atoms with van der Waals surface area (Å²) in [6, 6.07) is 8.60. The van der Waals surface area contributed by atoms with Crippen molar-refractivity contribution in [2.45, 2.75) is 37.2 Å². The first-order valence-corrected chi connectivity index (χ1v) is 10.5. The number of benzene rings is 2. The third kappa shape index (κ3) is 4.39. The summed E-state index contributed by atoms with van der Waals surface area (Å²) < 4.78 is 59.1. The highest BCUT2D eigenvalue weighted by Gasteiger charge is 2.27. The fourth-order valence-corrected chi connectivity index (χ4v) is 4.72. The van der Waals surface area contributed by atoms with Crippen LogP contribution in [0.2, 0.25) is 0 Å². The van der Waals surface area contributed by atoms with Crippen LogP contribution in [0.3, 0.4) is 0 Å². The number of sulfonamides is 1. The van der Waals surface area contributed by atoms with Crippen LogP contribution in [0.5, 0.6) is 0 Å². The van der Waals surface area contributed by atoms with Gasteiger partial charge in [0.25, 0.3) is 0 Å². The lowest BCUT2D eigenvalue weighted by atomic mass is 10.1. The Morgan fingerprint density at radius 1 is 1.07 bits per heavy atom. The average molecular weight is 409 g/mol. The second-order valence-electron chi connectivity index (χ2n) is 6.71. The highest BCUT2D eigenvalue weighted by atomic mass is 32.2. The summed E-state index contributed by atoms with van der Waals surface area (Å²) in [7, 11) is -3.69. The summed E-state index contributed by atoms with van der Waals surface area (Å²) in [5.74, 6) is -2.33. The summed E-state index contributed by atoms with van der Waals surface area (Å²) in [5.41, 5.74) is 0.0827. The molecular weight excluding hydrogens is 388 g/mol. The van der Waals surface area contributed by atoms with Crippen LogP contribution in [0.4, 0.5) is 8.78 Å². The van der Waals surface area contributed by atoms with E-state index in [4.69, 9.17) is 4.74 Å². The Morgan fingerprint density at radius 3 is 2.46 bits per heavy atom. The predicted molar refractivity (Wildman–Crippen MR) is 99.2 cm³/mol. The molecule has 1 aliphatic rings. The summed E-state index contributed by atoms with van der Waals surface area (Å²) >= 11 is 0. The Bertz CT molecular complexity index is 972. The maximum absolute atomic E-state index is 13.9. The van der Waals surface area contributed by atoms with Gasteiger partial charge in [-0.25, -0.2) is 22.0 Å². The van der Waals surface area contributed by atoms with Gasteiger partial charge in [-0.05, 0) is 50.1 Å². The molecule has 0 aromatic heterocycles. The largest absolute Gasteiger partial charge is 0.454 e. The van der Waals surface area contributed by atoms with Crippen LogP contribution in [0, 0.1) is 11.6 Å². The van der Waals surface area contributed by atoms with Crippen LogP contribution in [-0.2, 0) is 14.8 Å². The Morgan fingerprint density at radius 2 is 1.79 bits per heavy atom. The van der Waals surface area contributed by atoms with Crippen molar-refractivity contribution in [2.24, 2.45) is 0 Å². The van der Waals surface area contributed by atoms with Crippen LogP contribution in [-0.4, -0.2) is 31.8 Å². The molecule has 0 N–H and O–H groups in total. The molecular formula is C20H21F2NO4S. The molecule has 5 nitrogen and oxygen atoms in total. The molecule has 3 rings (SSSR count). The first-order valence-electron chi connectivity index (χ1n) is 9.05. The van der Waals surface area contributed by atoms with Gasteiger partial charge in [-0.3, -0.25) is 0 Å². The molecule has 1 saturated heterocycles. The molecule has 2 aromatic carbocycles. The maximum Gasteiger partial charge on any atom is 0.338 e. The van der Waals surface area contributed by atoms with Crippen LogP contribution >= 0.6 is 0 Å². The maximum atomic E-state index is 13.9. The molecule has 1 aliphatic heterocycles. The van der Waals surface area contributed by atoms with Crippen molar-refractivity contribution in [1.29, 1.82) is 0 Å². The van der Waals surface area contributed by atoms with Gasteiger partial charge in [-0.2, -0.15) is 4.31 Å². The highest BCUT2D eigenvalue weighted by molar-refractivity contribution is 7.89. The van der Waals surface area contributed by atoms with E-state index in [-0.39, 0.29) is 16.0 Å².